The Kier molecular flexibility index (Phi) is 7.29. The van der Waals surface area contributed by atoms with Gasteiger partial charge in [0.15, 0.2) is 6.10 Å². The molecule has 0 radical (unpaired) electrons. The molecule has 0 unspecified atom stereocenters. The molecule has 128 valence electrons. The Balaban J connectivity index is 1.68. The average Bonchev–Trinajstić information content (AvgIpc) is 2.59. The molecule has 1 aliphatic rings. The Labute approximate surface area is 136 Å². The van der Waals surface area contributed by atoms with E-state index in [0.717, 1.165) is 39.3 Å². The van der Waals surface area contributed by atoms with Gasteiger partial charge in [-0.1, -0.05) is 6.92 Å². The van der Waals surface area contributed by atoms with Gasteiger partial charge in [0.05, 0.1) is 13.2 Å². The van der Waals surface area contributed by atoms with Crippen molar-refractivity contribution in [1.82, 2.24) is 10.2 Å². The first-order valence-electron chi connectivity index (χ1n) is 8.19. The van der Waals surface area contributed by atoms with Crippen molar-refractivity contribution in [2.24, 2.45) is 0 Å². The summed E-state index contributed by atoms with van der Waals surface area (Å²) in [5, 5.41) is 2.91. The topological polar surface area (TPSA) is 50.8 Å². The minimum absolute atomic E-state index is 0.126. The second-order valence-corrected chi connectivity index (χ2v) is 5.57. The SMILES string of the molecule is CC[C@H](Oc1ccc(F)cc1)C(=O)NCCCN1CCOCC1. The first kappa shape index (κ1) is 17.7. The van der Waals surface area contributed by atoms with Crippen LogP contribution in [0.3, 0.4) is 0 Å². The van der Waals surface area contributed by atoms with Crippen LogP contribution in [-0.4, -0.2) is 56.3 Å². The molecule has 1 N–H and O–H groups in total. The Morgan fingerprint density at radius 3 is 2.70 bits per heavy atom. The molecule has 0 saturated carbocycles. The number of carbonyl (C=O) groups is 1. The minimum Gasteiger partial charge on any atom is -0.481 e. The van der Waals surface area contributed by atoms with Crippen LogP contribution in [0.5, 0.6) is 5.75 Å². The molecule has 1 aliphatic heterocycles. The van der Waals surface area contributed by atoms with Crippen LogP contribution < -0.4 is 10.1 Å². The van der Waals surface area contributed by atoms with Crippen LogP contribution in [0, 0.1) is 5.82 Å². The predicted octanol–water partition coefficient (Wildman–Crippen LogP) is 1.82. The zero-order valence-corrected chi connectivity index (χ0v) is 13.6. The Bertz CT molecular complexity index is 475. The summed E-state index contributed by atoms with van der Waals surface area (Å²) >= 11 is 0. The molecule has 0 spiro atoms. The largest absolute Gasteiger partial charge is 0.481 e. The molecule has 6 heteroatoms. The minimum atomic E-state index is -0.552. The second kappa shape index (κ2) is 9.47. The van der Waals surface area contributed by atoms with E-state index in [1.807, 2.05) is 6.92 Å². The highest BCUT2D eigenvalue weighted by molar-refractivity contribution is 5.81. The van der Waals surface area contributed by atoms with E-state index in [1.54, 1.807) is 0 Å². The lowest BCUT2D eigenvalue weighted by Gasteiger charge is -2.26. The summed E-state index contributed by atoms with van der Waals surface area (Å²) in [5.74, 6) is 0.0541. The predicted molar refractivity (Wildman–Crippen MR) is 86.0 cm³/mol. The van der Waals surface area contributed by atoms with Crippen LogP contribution in [0.1, 0.15) is 19.8 Å². The van der Waals surface area contributed by atoms with Crippen molar-refractivity contribution >= 4 is 5.91 Å². The third-order valence-electron chi connectivity index (χ3n) is 3.81. The second-order valence-electron chi connectivity index (χ2n) is 5.57. The number of carbonyl (C=O) groups excluding carboxylic acids is 1. The first-order chi connectivity index (χ1) is 11.2. The van der Waals surface area contributed by atoms with Crippen LogP contribution in [-0.2, 0) is 9.53 Å². The quantitative estimate of drug-likeness (QED) is 0.741. The van der Waals surface area contributed by atoms with Crippen molar-refractivity contribution in [3.05, 3.63) is 30.1 Å². The van der Waals surface area contributed by atoms with E-state index in [0.29, 0.717) is 18.7 Å². The molecule has 23 heavy (non-hydrogen) atoms. The Hall–Kier alpha value is -1.66. The number of hydrogen-bond donors (Lipinski definition) is 1. The Morgan fingerprint density at radius 1 is 1.35 bits per heavy atom. The molecule has 0 aliphatic carbocycles. The van der Waals surface area contributed by atoms with Crippen molar-refractivity contribution in [3.63, 3.8) is 0 Å². The summed E-state index contributed by atoms with van der Waals surface area (Å²) < 4.78 is 23.8. The van der Waals surface area contributed by atoms with Gasteiger partial charge in [-0.25, -0.2) is 4.39 Å². The molecule has 0 bridgehead atoms. The summed E-state index contributed by atoms with van der Waals surface area (Å²) in [6.45, 7) is 6.96. The van der Waals surface area contributed by atoms with Gasteiger partial charge >= 0.3 is 0 Å². The highest BCUT2D eigenvalue weighted by atomic mass is 19.1. The van der Waals surface area contributed by atoms with Gasteiger partial charge in [-0.2, -0.15) is 0 Å². The van der Waals surface area contributed by atoms with E-state index >= 15 is 0 Å². The van der Waals surface area contributed by atoms with E-state index < -0.39 is 6.10 Å². The van der Waals surface area contributed by atoms with Crippen molar-refractivity contribution in [3.8, 4) is 5.75 Å². The standard InChI is InChI=1S/C17H25FN2O3/c1-2-16(23-15-6-4-14(18)5-7-15)17(21)19-8-3-9-20-10-12-22-13-11-20/h4-7,16H,2-3,8-13H2,1H3,(H,19,21)/t16-/m0/s1. The normalized spacial score (nSPS) is 16.8. The van der Waals surface area contributed by atoms with Gasteiger partial charge in [0.2, 0.25) is 0 Å². The van der Waals surface area contributed by atoms with E-state index in [9.17, 15) is 9.18 Å². The Morgan fingerprint density at radius 2 is 2.04 bits per heavy atom. The van der Waals surface area contributed by atoms with Crippen molar-refractivity contribution in [2.75, 3.05) is 39.4 Å². The number of halogens is 1. The molecular weight excluding hydrogens is 299 g/mol. The number of nitrogens with zero attached hydrogens (tertiary/aromatic N) is 1. The number of benzene rings is 1. The molecule has 1 fully saturated rings. The molecule has 0 aromatic heterocycles. The summed E-state index contributed by atoms with van der Waals surface area (Å²) in [4.78, 5) is 14.5. The third-order valence-corrected chi connectivity index (χ3v) is 3.81. The van der Waals surface area contributed by atoms with Crippen LogP contribution in [0.25, 0.3) is 0 Å². The van der Waals surface area contributed by atoms with Gasteiger partial charge in [-0.15, -0.1) is 0 Å². The average molecular weight is 324 g/mol. The molecule has 5 nitrogen and oxygen atoms in total. The molecule has 1 heterocycles. The van der Waals surface area contributed by atoms with Gasteiger partial charge < -0.3 is 14.8 Å². The van der Waals surface area contributed by atoms with Gasteiger partial charge in [-0.05, 0) is 43.7 Å². The lowest BCUT2D eigenvalue weighted by molar-refractivity contribution is -0.128. The molecule has 1 amide bonds. The fourth-order valence-corrected chi connectivity index (χ4v) is 2.45. The fourth-order valence-electron chi connectivity index (χ4n) is 2.45. The molecule has 2 rings (SSSR count). The van der Waals surface area contributed by atoms with Crippen LogP contribution in [0.2, 0.25) is 0 Å². The molecular formula is C17H25FN2O3. The van der Waals surface area contributed by atoms with Crippen molar-refractivity contribution in [2.45, 2.75) is 25.9 Å². The first-order valence-corrected chi connectivity index (χ1v) is 8.19. The van der Waals surface area contributed by atoms with Crippen LogP contribution in [0.4, 0.5) is 4.39 Å². The maximum atomic E-state index is 12.9. The lowest BCUT2D eigenvalue weighted by atomic mass is 10.2. The van der Waals surface area contributed by atoms with Gasteiger partial charge in [0, 0.05) is 19.6 Å². The number of hydrogen-bond acceptors (Lipinski definition) is 4. The highest BCUT2D eigenvalue weighted by Crippen LogP contribution is 2.14. The van der Waals surface area contributed by atoms with Crippen LogP contribution in [0.15, 0.2) is 24.3 Å². The van der Waals surface area contributed by atoms with Crippen LogP contribution >= 0.6 is 0 Å². The summed E-state index contributed by atoms with van der Waals surface area (Å²) in [5.41, 5.74) is 0. The summed E-state index contributed by atoms with van der Waals surface area (Å²) in [6, 6.07) is 5.71. The number of ether oxygens (including phenoxy) is 2. The van der Waals surface area contributed by atoms with Gasteiger partial charge in [0.25, 0.3) is 5.91 Å². The zero-order valence-electron chi connectivity index (χ0n) is 13.6. The third kappa shape index (κ3) is 6.15. The number of morpholine rings is 1. The van der Waals surface area contributed by atoms with Gasteiger partial charge in [0.1, 0.15) is 11.6 Å². The maximum absolute atomic E-state index is 12.9. The number of amides is 1. The van der Waals surface area contributed by atoms with Crippen molar-refractivity contribution < 1.29 is 18.7 Å². The van der Waals surface area contributed by atoms with Crippen molar-refractivity contribution in [1.29, 1.82) is 0 Å². The summed E-state index contributed by atoms with van der Waals surface area (Å²) in [6.07, 6.45) is 0.912. The lowest BCUT2D eigenvalue weighted by Crippen LogP contribution is -2.41. The fraction of sp³-hybridized carbons (Fsp3) is 0.588. The van der Waals surface area contributed by atoms with E-state index in [2.05, 4.69) is 10.2 Å². The summed E-state index contributed by atoms with van der Waals surface area (Å²) in [7, 11) is 0. The van der Waals surface area contributed by atoms with E-state index in [4.69, 9.17) is 9.47 Å². The van der Waals surface area contributed by atoms with E-state index in [-0.39, 0.29) is 11.7 Å². The molecule has 1 saturated heterocycles. The highest BCUT2D eigenvalue weighted by Gasteiger charge is 2.18. The maximum Gasteiger partial charge on any atom is 0.261 e. The molecule has 1 atom stereocenters. The number of rotatable bonds is 8. The molecule has 1 aromatic rings. The van der Waals surface area contributed by atoms with Gasteiger partial charge in [-0.3, -0.25) is 9.69 Å². The monoisotopic (exact) mass is 324 g/mol. The van der Waals surface area contributed by atoms with E-state index in [1.165, 1.54) is 24.3 Å². The smallest absolute Gasteiger partial charge is 0.261 e. The zero-order chi connectivity index (χ0) is 16.5. The number of nitrogens with one attached hydrogen (secondary N) is 1. The molecule has 1 aromatic carbocycles.